The quantitative estimate of drug-likeness (QED) is 0.376. The molecule has 0 unspecified atom stereocenters. The Morgan fingerprint density at radius 3 is 2.89 bits per heavy atom. The largest absolute Gasteiger partial charge is 0.350 e. The highest BCUT2D eigenvalue weighted by molar-refractivity contribution is 7.99. The second-order valence-electron chi connectivity index (χ2n) is 5.95. The van der Waals surface area contributed by atoms with Crippen LogP contribution in [0.25, 0.3) is 20.7 Å². The third-order valence-corrected chi connectivity index (χ3v) is 6.89. The Hall–Kier alpha value is -2.49. The second-order valence-corrected chi connectivity index (χ2v) is 8.70. The molecule has 0 spiro atoms. The average Bonchev–Trinajstić information content (AvgIpc) is 3.38. The van der Waals surface area contributed by atoms with Gasteiger partial charge in [-0.1, -0.05) is 23.9 Å². The Labute approximate surface area is 173 Å². The molecular formula is C19H16N4O2S3. The molecule has 0 aliphatic heterocycles. The second kappa shape index (κ2) is 8.26. The summed E-state index contributed by atoms with van der Waals surface area (Å²) in [7, 11) is 1.69. The number of hydrogen-bond donors (Lipinski definition) is 1. The Balaban J connectivity index is 1.49. The molecule has 4 rings (SSSR count). The number of aromatic nitrogens is 3. The molecule has 1 amide bonds. The topological polar surface area (TPSA) is 76.9 Å². The van der Waals surface area contributed by atoms with Gasteiger partial charge < -0.3 is 5.32 Å². The van der Waals surface area contributed by atoms with Crippen LogP contribution in [-0.4, -0.2) is 26.2 Å². The van der Waals surface area contributed by atoms with Gasteiger partial charge in [-0.25, -0.2) is 4.98 Å². The monoisotopic (exact) mass is 428 g/mol. The first-order valence-electron chi connectivity index (χ1n) is 8.45. The van der Waals surface area contributed by atoms with Crippen LogP contribution in [0.4, 0.5) is 0 Å². The molecule has 9 heteroatoms. The first-order chi connectivity index (χ1) is 13.6. The van der Waals surface area contributed by atoms with E-state index in [9.17, 15) is 9.59 Å². The summed E-state index contributed by atoms with van der Waals surface area (Å²) in [5.41, 5.74) is 1.63. The maximum Gasteiger partial charge on any atom is 0.263 e. The zero-order chi connectivity index (χ0) is 19.5. The molecule has 4 aromatic heterocycles. The highest BCUT2D eigenvalue weighted by Gasteiger charge is 2.17. The van der Waals surface area contributed by atoms with Crippen LogP contribution in [0.1, 0.15) is 5.69 Å². The number of pyridine rings is 1. The molecule has 0 saturated carbocycles. The molecule has 28 heavy (non-hydrogen) atoms. The van der Waals surface area contributed by atoms with Gasteiger partial charge in [0.05, 0.1) is 23.4 Å². The van der Waals surface area contributed by atoms with Crippen LogP contribution in [0, 0.1) is 0 Å². The fourth-order valence-electron chi connectivity index (χ4n) is 2.67. The summed E-state index contributed by atoms with van der Waals surface area (Å²) >= 11 is 4.31. The summed E-state index contributed by atoms with van der Waals surface area (Å²) in [4.78, 5) is 35.6. The molecule has 0 bridgehead atoms. The van der Waals surface area contributed by atoms with Crippen LogP contribution in [0.3, 0.4) is 0 Å². The summed E-state index contributed by atoms with van der Waals surface area (Å²) in [6.45, 7) is 0.376. The number of nitrogens with zero attached hydrogens (tertiary/aromatic N) is 3. The number of nitrogens with one attached hydrogen (secondary N) is 1. The first-order valence-corrected chi connectivity index (χ1v) is 11.2. The van der Waals surface area contributed by atoms with Crippen molar-refractivity contribution in [3.05, 3.63) is 63.3 Å². The van der Waals surface area contributed by atoms with Gasteiger partial charge in [-0.3, -0.25) is 19.1 Å². The summed E-state index contributed by atoms with van der Waals surface area (Å²) in [6, 6.07) is 9.53. The minimum atomic E-state index is -0.129. The van der Waals surface area contributed by atoms with Gasteiger partial charge in [-0.15, -0.1) is 22.7 Å². The van der Waals surface area contributed by atoms with Gasteiger partial charge in [-0.2, -0.15) is 0 Å². The van der Waals surface area contributed by atoms with Gasteiger partial charge in [-0.05, 0) is 23.6 Å². The van der Waals surface area contributed by atoms with Crippen molar-refractivity contribution < 1.29 is 4.79 Å². The number of thioether (sulfide) groups is 1. The van der Waals surface area contributed by atoms with Gasteiger partial charge in [0.25, 0.3) is 5.56 Å². The molecule has 4 heterocycles. The van der Waals surface area contributed by atoms with Crippen LogP contribution in [-0.2, 0) is 18.4 Å². The van der Waals surface area contributed by atoms with E-state index in [1.807, 2.05) is 41.1 Å². The molecule has 142 valence electrons. The normalized spacial score (nSPS) is 11.0. The molecule has 0 radical (unpaired) electrons. The molecule has 0 fully saturated rings. The molecule has 0 atom stereocenters. The van der Waals surface area contributed by atoms with E-state index in [0.29, 0.717) is 21.9 Å². The smallest absolute Gasteiger partial charge is 0.263 e. The van der Waals surface area contributed by atoms with E-state index in [-0.39, 0.29) is 17.2 Å². The van der Waals surface area contributed by atoms with E-state index in [2.05, 4.69) is 15.3 Å². The standard InChI is InChI=1S/C19H16N4O2S3/c1-23-18(25)16-13(14-6-4-8-26-14)10-27-17(16)22-19(23)28-11-15(24)21-9-12-5-2-3-7-20-12/h2-8,10H,9,11H2,1H3,(H,21,24). The summed E-state index contributed by atoms with van der Waals surface area (Å²) in [6.07, 6.45) is 1.69. The molecule has 0 aliphatic rings. The van der Waals surface area contributed by atoms with E-state index in [1.54, 1.807) is 24.6 Å². The Bertz CT molecular complexity index is 1170. The average molecular weight is 429 g/mol. The lowest BCUT2D eigenvalue weighted by Crippen LogP contribution is -2.26. The number of amides is 1. The number of thiophene rings is 2. The lowest BCUT2D eigenvalue weighted by molar-refractivity contribution is -0.118. The minimum absolute atomic E-state index is 0.0916. The van der Waals surface area contributed by atoms with Gasteiger partial charge >= 0.3 is 0 Å². The van der Waals surface area contributed by atoms with Crippen LogP contribution >= 0.6 is 34.4 Å². The fraction of sp³-hybridized carbons (Fsp3) is 0.158. The summed E-state index contributed by atoms with van der Waals surface area (Å²) in [5.74, 6) is 0.0531. The van der Waals surface area contributed by atoms with Gasteiger partial charge in [0.15, 0.2) is 5.16 Å². The number of rotatable bonds is 6. The number of hydrogen-bond acceptors (Lipinski definition) is 7. The van der Waals surface area contributed by atoms with Crippen molar-refractivity contribution in [3.63, 3.8) is 0 Å². The van der Waals surface area contributed by atoms with Crippen molar-refractivity contribution in [1.29, 1.82) is 0 Å². The van der Waals surface area contributed by atoms with Gasteiger partial charge in [0, 0.05) is 29.1 Å². The maximum atomic E-state index is 12.9. The highest BCUT2D eigenvalue weighted by atomic mass is 32.2. The molecule has 6 nitrogen and oxygen atoms in total. The van der Waals surface area contributed by atoms with Crippen molar-refractivity contribution in [2.75, 3.05) is 5.75 Å². The minimum Gasteiger partial charge on any atom is -0.350 e. The van der Waals surface area contributed by atoms with Crippen molar-refractivity contribution >= 4 is 50.6 Å². The predicted octanol–water partition coefficient (Wildman–Crippen LogP) is 3.53. The lowest BCUT2D eigenvalue weighted by Gasteiger charge is -2.08. The van der Waals surface area contributed by atoms with Crippen LogP contribution in [0.15, 0.2) is 57.2 Å². The number of fused-ring (bicyclic) bond motifs is 1. The third kappa shape index (κ3) is 3.87. The summed E-state index contributed by atoms with van der Waals surface area (Å²) in [5, 5.41) is 7.96. The molecule has 0 saturated heterocycles. The molecule has 1 N–H and O–H groups in total. The first kappa shape index (κ1) is 18.9. The Kier molecular flexibility index (Phi) is 5.56. The van der Waals surface area contributed by atoms with Gasteiger partial charge in [0.2, 0.25) is 5.91 Å². The van der Waals surface area contributed by atoms with Crippen molar-refractivity contribution in [3.8, 4) is 10.4 Å². The molecule has 4 aromatic rings. The third-order valence-electron chi connectivity index (χ3n) is 4.09. The van der Waals surface area contributed by atoms with Crippen LogP contribution < -0.4 is 10.9 Å². The Morgan fingerprint density at radius 2 is 2.14 bits per heavy atom. The predicted molar refractivity (Wildman–Crippen MR) is 115 cm³/mol. The van der Waals surface area contributed by atoms with Crippen molar-refractivity contribution in [1.82, 2.24) is 19.9 Å². The summed E-state index contributed by atoms with van der Waals surface area (Å²) < 4.78 is 1.52. The van der Waals surface area contributed by atoms with E-state index in [4.69, 9.17) is 0 Å². The number of carbonyl (C=O) groups is 1. The van der Waals surface area contributed by atoms with Crippen molar-refractivity contribution in [2.24, 2.45) is 7.05 Å². The molecule has 0 aliphatic carbocycles. The zero-order valence-electron chi connectivity index (χ0n) is 14.9. The van der Waals surface area contributed by atoms with Crippen LogP contribution in [0.5, 0.6) is 0 Å². The number of carbonyl (C=O) groups excluding carboxylic acids is 1. The molecular weight excluding hydrogens is 412 g/mol. The zero-order valence-corrected chi connectivity index (χ0v) is 17.4. The van der Waals surface area contributed by atoms with E-state index in [0.717, 1.165) is 16.1 Å². The highest BCUT2D eigenvalue weighted by Crippen LogP contribution is 2.34. The fourth-order valence-corrected chi connectivity index (χ4v) is 5.27. The SMILES string of the molecule is Cn1c(SCC(=O)NCc2ccccn2)nc2scc(-c3cccs3)c2c1=O. The lowest BCUT2D eigenvalue weighted by atomic mass is 10.2. The van der Waals surface area contributed by atoms with E-state index in [1.165, 1.54) is 27.7 Å². The Morgan fingerprint density at radius 1 is 1.25 bits per heavy atom. The van der Waals surface area contributed by atoms with Crippen molar-refractivity contribution in [2.45, 2.75) is 11.7 Å². The molecule has 0 aromatic carbocycles. The van der Waals surface area contributed by atoms with E-state index < -0.39 is 0 Å². The van der Waals surface area contributed by atoms with Crippen LogP contribution in [0.2, 0.25) is 0 Å². The van der Waals surface area contributed by atoms with E-state index >= 15 is 0 Å². The van der Waals surface area contributed by atoms with Gasteiger partial charge in [0.1, 0.15) is 4.83 Å². The maximum absolute atomic E-state index is 12.9.